The molecule has 4 rings (SSSR count). The van der Waals surface area contributed by atoms with Gasteiger partial charge in [-0.1, -0.05) is 6.08 Å². The van der Waals surface area contributed by atoms with Crippen LogP contribution in [0.2, 0.25) is 5.82 Å². The normalized spacial score (nSPS) is 31.4. The molecule has 0 aromatic rings. The third-order valence-corrected chi connectivity index (χ3v) is 9.75. The molecule has 13 heteroatoms. The van der Waals surface area contributed by atoms with Crippen LogP contribution in [0.3, 0.4) is 0 Å². The maximum Gasteiger partial charge on any atom is 0.291 e. The molecule has 2 amide bonds. The molecule has 3 fully saturated rings. The highest BCUT2D eigenvalue weighted by Gasteiger charge is 2.55. The van der Waals surface area contributed by atoms with Gasteiger partial charge in [-0.3, -0.25) is 9.59 Å². The molecule has 0 aliphatic carbocycles. The van der Waals surface area contributed by atoms with Gasteiger partial charge in [-0.15, -0.1) is 11.8 Å². The first-order valence-electron chi connectivity index (χ1n) is 10.5. The van der Waals surface area contributed by atoms with E-state index in [9.17, 15) is 23.3 Å². The lowest BCUT2D eigenvalue weighted by Crippen LogP contribution is -2.55. The number of piperazine rings is 1. The van der Waals surface area contributed by atoms with Gasteiger partial charge in [0.25, 0.3) is 7.48 Å². The Labute approximate surface area is 187 Å². The van der Waals surface area contributed by atoms with Gasteiger partial charge in [0.2, 0.25) is 21.8 Å². The summed E-state index contributed by atoms with van der Waals surface area (Å²) in [5.41, 5.74) is 5.45. The Morgan fingerprint density at radius 1 is 1.48 bits per heavy atom. The number of hydrogen-bond acceptors (Lipinski definition) is 8. The van der Waals surface area contributed by atoms with Crippen LogP contribution >= 0.6 is 11.8 Å². The average Bonchev–Trinajstić information content (AvgIpc) is 3.55. The number of nitrogens with zero attached hydrogens (tertiary/aromatic N) is 4. The zero-order chi connectivity index (χ0) is 22.2. The molecule has 168 valence electrons. The van der Waals surface area contributed by atoms with Gasteiger partial charge >= 0.3 is 0 Å². The van der Waals surface area contributed by atoms with Crippen molar-refractivity contribution >= 4 is 41.1 Å². The number of likely N-dealkylation sites (tertiary alicyclic amines) is 2. The summed E-state index contributed by atoms with van der Waals surface area (Å²) in [6, 6.07) is 0.732. The number of thioether (sulfide) groups is 1. The van der Waals surface area contributed by atoms with Gasteiger partial charge in [-0.05, 0) is 24.7 Å². The number of hydrogen-bond donors (Lipinski definition) is 1. The molecule has 4 aliphatic heterocycles. The Hall–Kier alpha value is -1.59. The van der Waals surface area contributed by atoms with Gasteiger partial charge in [0.05, 0.1) is 18.6 Å². The largest absolute Gasteiger partial charge is 0.427 e. The van der Waals surface area contributed by atoms with Crippen LogP contribution in [0, 0.1) is 11.3 Å². The Balaban J connectivity index is 1.46. The zero-order valence-electron chi connectivity index (χ0n) is 17.1. The Morgan fingerprint density at radius 3 is 2.94 bits per heavy atom. The molecular weight excluding hydrogens is 441 g/mol. The van der Waals surface area contributed by atoms with Gasteiger partial charge in [0.15, 0.2) is 0 Å². The van der Waals surface area contributed by atoms with Crippen molar-refractivity contribution < 1.29 is 22.7 Å². The Kier molecular flexibility index (Phi) is 6.64. The van der Waals surface area contributed by atoms with Crippen molar-refractivity contribution in [3.05, 3.63) is 11.5 Å². The van der Waals surface area contributed by atoms with Crippen LogP contribution < -0.4 is 5.73 Å². The van der Waals surface area contributed by atoms with E-state index in [0.717, 1.165) is 6.42 Å². The number of carbonyl (C=O) groups is 2. The number of fused-ring (bicyclic) bond motifs is 2. The predicted molar refractivity (Wildman–Crippen MR) is 116 cm³/mol. The molecule has 2 bridgehead atoms. The predicted octanol–water partition coefficient (Wildman–Crippen LogP) is -1.18. The van der Waals surface area contributed by atoms with Crippen molar-refractivity contribution in [2.75, 3.05) is 32.1 Å². The van der Waals surface area contributed by atoms with Crippen LogP contribution in [0.5, 0.6) is 0 Å². The van der Waals surface area contributed by atoms with Crippen LogP contribution in [-0.4, -0.2) is 97.3 Å². The third-order valence-electron chi connectivity index (χ3n) is 6.49. The molecule has 4 aliphatic rings. The molecule has 0 spiro atoms. The van der Waals surface area contributed by atoms with E-state index in [4.69, 9.17) is 10.4 Å². The highest BCUT2D eigenvalue weighted by molar-refractivity contribution is 8.03. The van der Waals surface area contributed by atoms with E-state index in [2.05, 4.69) is 6.07 Å². The molecule has 31 heavy (non-hydrogen) atoms. The summed E-state index contributed by atoms with van der Waals surface area (Å²) in [5.74, 6) is -0.652. The summed E-state index contributed by atoms with van der Waals surface area (Å²) in [7, 11) is -3.53. The number of nitriles is 1. The number of rotatable bonds is 8. The molecule has 0 radical (unpaired) electrons. The molecule has 1 unspecified atom stereocenters. The van der Waals surface area contributed by atoms with E-state index < -0.39 is 33.2 Å². The van der Waals surface area contributed by atoms with Gasteiger partial charge in [-0.25, -0.2) is 8.42 Å². The minimum absolute atomic E-state index is 0.0512. The number of amides is 2. The van der Waals surface area contributed by atoms with E-state index in [1.165, 1.54) is 16.1 Å². The highest BCUT2D eigenvalue weighted by Crippen LogP contribution is 2.37. The van der Waals surface area contributed by atoms with Gasteiger partial charge in [0.1, 0.15) is 17.3 Å². The molecule has 0 aromatic heterocycles. The molecular formula is C18H26BN5O5S2. The zero-order valence-corrected chi connectivity index (χ0v) is 18.8. The first-order chi connectivity index (χ1) is 14.9. The van der Waals surface area contributed by atoms with E-state index in [1.807, 2.05) is 0 Å². The summed E-state index contributed by atoms with van der Waals surface area (Å²) in [6.07, 6.45) is 3.52. The second-order valence-electron chi connectivity index (χ2n) is 8.26. The smallest absolute Gasteiger partial charge is 0.291 e. The van der Waals surface area contributed by atoms with Crippen LogP contribution in [0.25, 0.3) is 0 Å². The fourth-order valence-electron chi connectivity index (χ4n) is 4.88. The van der Waals surface area contributed by atoms with E-state index in [-0.39, 0.29) is 45.2 Å². The third kappa shape index (κ3) is 4.11. The number of carbonyl (C=O) groups excluding carboxylic acids is 2. The average molecular weight is 467 g/mol. The van der Waals surface area contributed by atoms with E-state index in [1.54, 1.807) is 21.3 Å². The molecule has 0 saturated carbocycles. The molecule has 5 atom stereocenters. The van der Waals surface area contributed by atoms with Crippen molar-refractivity contribution in [1.29, 1.82) is 5.26 Å². The van der Waals surface area contributed by atoms with Crippen molar-refractivity contribution in [3.8, 4) is 6.07 Å². The maximum atomic E-state index is 13.1. The lowest BCUT2D eigenvalue weighted by atomic mass is 9.78. The number of nitrogens with two attached hydrogens (primary N) is 1. The lowest BCUT2D eigenvalue weighted by Gasteiger charge is -2.36. The minimum Gasteiger partial charge on any atom is -0.427 e. The molecule has 2 N–H and O–H groups in total. The molecule has 4 heterocycles. The van der Waals surface area contributed by atoms with Crippen LogP contribution in [0.1, 0.15) is 19.3 Å². The fourth-order valence-corrected chi connectivity index (χ4v) is 8.16. The van der Waals surface area contributed by atoms with Gasteiger partial charge in [0, 0.05) is 31.4 Å². The lowest BCUT2D eigenvalue weighted by molar-refractivity contribution is -0.136. The minimum atomic E-state index is -3.58. The molecule has 3 saturated heterocycles. The van der Waals surface area contributed by atoms with Crippen LogP contribution in [-0.2, 0) is 24.3 Å². The van der Waals surface area contributed by atoms with E-state index in [0.29, 0.717) is 25.1 Å². The summed E-state index contributed by atoms with van der Waals surface area (Å²) in [4.78, 5) is 29.4. The van der Waals surface area contributed by atoms with Crippen molar-refractivity contribution in [2.24, 2.45) is 5.73 Å². The molecule has 10 nitrogen and oxygen atoms in total. The summed E-state index contributed by atoms with van der Waals surface area (Å²) in [5, 5.41) is 10.5. The second kappa shape index (κ2) is 9.11. The van der Waals surface area contributed by atoms with Crippen LogP contribution in [0.15, 0.2) is 11.5 Å². The Bertz CT molecular complexity index is 910. The van der Waals surface area contributed by atoms with Crippen LogP contribution in [0.4, 0.5) is 0 Å². The van der Waals surface area contributed by atoms with Crippen molar-refractivity contribution in [2.45, 2.75) is 48.5 Å². The first-order valence-corrected chi connectivity index (χ1v) is 13.0. The quantitative estimate of drug-likeness (QED) is 0.348. The van der Waals surface area contributed by atoms with Crippen molar-refractivity contribution in [1.82, 2.24) is 14.1 Å². The summed E-state index contributed by atoms with van der Waals surface area (Å²) < 4.78 is 32.6. The first kappa shape index (κ1) is 22.6. The summed E-state index contributed by atoms with van der Waals surface area (Å²) >= 11 is 1.45. The summed E-state index contributed by atoms with van der Waals surface area (Å²) in [6.45, 7) is 0.844. The van der Waals surface area contributed by atoms with Gasteiger partial charge < -0.3 is 20.2 Å². The number of sulfonamides is 1. The highest BCUT2D eigenvalue weighted by atomic mass is 32.2. The fraction of sp³-hybridized carbons (Fsp3) is 0.722. The van der Waals surface area contributed by atoms with E-state index >= 15 is 0 Å². The Morgan fingerprint density at radius 2 is 2.29 bits per heavy atom. The van der Waals surface area contributed by atoms with Crippen molar-refractivity contribution in [3.63, 3.8) is 0 Å². The standard InChI is InChI=1S/C18H26BN5O5S2/c20-7-12-2-1-4-22(12)17(25)15(19-29-11-21)9-23-13-6-16(18(23)26)24(8-13)31(27,28)14-3-5-30-10-14/h3,5,12-16,19H,1-2,4,6,8-11,21H2/t12-,13-,14?,15-,16-/m0/s1. The second-order valence-corrected chi connectivity index (χ2v) is 11.3. The SMILES string of the molecule is N#C[C@@H]1CCCN1C(=O)[C@@H](BOCN)CN1C(=O)[C@@H]2C[C@H]1CN2S(=O)(=O)C1C=CSC1. The monoisotopic (exact) mass is 467 g/mol. The topological polar surface area (TPSA) is 137 Å². The van der Waals surface area contributed by atoms with Gasteiger partial charge in [-0.2, -0.15) is 9.57 Å². The molecule has 0 aromatic carbocycles. The maximum absolute atomic E-state index is 13.1.